The lowest BCUT2D eigenvalue weighted by Crippen LogP contribution is -2.18. The molecule has 5 nitrogen and oxygen atoms in total. The molecular weight excluding hydrogens is 278 g/mol. The van der Waals surface area contributed by atoms with Gasteiger partial charge in [-0.25, -0.2) is 4.79 Å². The lowest BCUT2D eigenvalue weighted by molar-refractivity contribution is 0.176. The van der Waals surface area contributed by atoms with Crippen molar-refractivity contribution in [3.05, 3.63) is 22.2 Å². The van der Waals surface area contributed by atoms with Gasteiger partial charge in [-0.05, 0) is 12.1 Å². The summed E-state index contributed by atoms with van der Waals surface area (Å²) in [6, 6.07) is 3.02. The van der Waals surface area contributed by atoms with E-state index in [0.29, 0.717) is 11.3 Å². The molecule has 0 bridgehead atoms. The molecule has 1 heterocycles. The number of benzene rings is 1. The van der Waals surface area contributed by atoms with Crippen LogP contribution in [0, 0.1) is 0 Å². The zero-order valence-electron chi connectivity index (χ0n) is 8.49. The van der Waals surface area contributed by atoms with Crippen molar-refractivity contribution in [2.24, 2.45) is 0 Å². The lowest BCUT2D eigenvalue weighted by Gasteiger charge is -2.13. The highest BCUT2D eigenvalue weighted by atomic mass is 79.9. The predicted molar refractivity (Wildman–Crippen MR) is 59.6 cm³/mol. The zero-order chi connectivity index (χ0) is 11.7. The fourth-order valence-corrected chi connectivity index (χ4v) is 2.02. The van der Waals surface area contributed by atoms with Crippen molar-refractivity contribution >= 4 is 22.0 Å². The van der Waals surface area contributed by atoms with Crippen LogP contribution in [0.15, 0.2) is 16.6 Å². The van der Waals surface area contributed by atoms with Crippen molar-refractivity contribution in [1.82, 2.24) is 5.32 Å². The van der Waals surface area contributed by atoms with Gasteiger partial charge in [-0.3, -0.25) is 0 Å². The molecule has 0 spiro atoms. The van der Waals surface area contributed by atoms with E-state index in [1.807, 2.05) is 0 Å². The Bertz CT molecular complexity index is 435. The maximum atomic E-state index is 10.9. The molecule has 0 aliphatic carbocycles. The first-order valence-electron chi connectivity index (χ1n) is 4.61. The molecule has 0 aromatic heterocycles. The summed E-state index contributed by atoms with van der Waals surface area (Å²) in [5.41, 5.74) is 0.567. The summed E-state index contributed by atoms with van der Waals surface area (Å²) in [5, 5.41) is 12.5. The molecule has 2 rings (SSSR count). The summed E-state index contributed by atoms with van der Waals surface area (Å²) in [6.45, 7) is 0.200. The number of hydrogen-bond donors (Lipinski definition) is 2. The highest BCUT2D eigenvalue weighted by molar-refractivity contribution is 9.10. The van der Waals surface area contributed by atoms with Crippen molar-refractivity contribution < 1.29 is 19.4 Å². The normalized spacial score (nSPS) is 19.1. The Balaban J connectivity index is 2.40. The number of nitrogens with one attached hydrogen (secondary N) is 1. The number of ether oxygens (including phenoxy) is 2. The molecule has 1 aliphatic rings. The van der Waals surface area contributed by atoms with Crippen LogP contribution in [-0.4, -0.2) is 24.9 Å². The first-order chi connectivity index (χ1) is 7.61. The summed E-state index contributed by atoms with van der Waals surface area (Å²) in [4.78, 5) is 10.9. The van der Waals surface area contributed by atoms with Gasteiger partial charge < -0.3 is 19.9 Å². The van der Waals surface area contributed by atoms with Crippen LogP contribution >= 0.6 is 15.9 Å². The Hall–Kier alpha value is -1.43. The SMILES string of the molecule is COc1cc(Br)cc([C@H]2COC(=O)N2)c1O. The predicted octanol–water partition coefficient (Wildman–Crippen LogP) is 1.94. The number of aromatic hydroxyl groups is 1. The van der Waals surface area contributed by atoms with Gasteiger partial charge in [0.1, 0.15) is 6.61 Å². The zero-order valence-corrected chi connectivity index (χ0v) is 10.1. The van der Waals surface area contributed by atoms with Crippen LogP contribution < -0.4 is 10.1 Å². The molecule has 1 amide bonds. The van der Waals surface area contributed by atoms with E-state index in [1.54, 1.807) is 12.1 Å². The van der Waals surface area contributed by atoms with E-state index in [-0.39, 0.29) is 18.4 Å². The third-order valence-electron chi connectivity index (χ3n) is 2.34. The van der Waals surface area contributed by atoms with Gasteiger partial charge in [0.05, 0.1) is 13.2 Å². The van der Waals surface area contributed by atoms with E-state index in [2.05, 4.69) is 21.2 Å². The number of alkyl carbamates (subject to hydrolysis) is 1. The van der Waals surface area contributed by atoms with Crippen molar-refractivity contribution in [1.29, 1.82) is 0 Å². The topological polar surface area (TPSA) is 67.8 Å². The number of rotatable bonds is 2. The number of phenolic OH excluding ortho intramolecular Hbond substituents is 1. The minimum Gasteiger partial charge on any atom is -0.504 e. The van der Waals surface area contributed by atoms with Crippen LogP contribution in [0.5, 0.6) is 11.5 Å². The third-order valence-corrected chi connectivity index (χ3v) is 2.80. The average Bonchev–Trinajstić information content (AvgIpc) is 2.67. The third kappa shape index (κ3) is 1.92. The number of amides is 1. The van der Waals surface area contributed by atoms with Crippen LogP contribution in [0.3, 0.4) is 0 Å². The van der Waals surface area contributed by atoms with E-state index in [9.17, 15) is 9.90 Å². The summed E-state index contributed by atoms with van der Waals surface area (Å²) in [5.74, 6) is 0.368. The van der Waals surface area contributed by atoms with Gasteiger partial charge in [0, 0.05) is 10.0 Å². The minimum absolute atomic E-state index is 0.0153. The minimum atomic E-state index is -0.483. The maximum Gasteiger partial charge on any atom is 0.407 e. The van der Waals surface area contributed by atoms with Gasteiger partial charge in [0.15, 0.2) is 11.5 Å². The van der Waals surface area contributed by atoms with Crippen molar-refractivity contribution in [3.63, 3.8) is 0 Å². The van der Waals surface area contributed by atoms with Gasteiger partial charge in [0.2, 0.25) is 0 Å². The molecule has 0 saturated carbocycles. The van der Waals surface area contributed by atoms with Crippen LogP contribution in [-0.2, 0) is 4.74 Å². The molecule has 1 aromatic rings. The molecule has 6 heteroatoms. The molecule has 1 aliphatic heterocycles. The summed E-state index contributed by atoms with van der Waals surface area (Å²) in [6.07, 6.45) is -0.483. The number of cyclic esters (lactones) is 1. The highest BCUT2D eigenvalue weighted by Crippen LogP contribution is 2.37. The Morgan fingerprint density at radius 2 is 2.38 bits per heavy atom. The smallest absolute Gasteiger partial charge is 0.407 e. The van der Waals surface area contributed by atoms with Gasteiger partial charge >= 0.3 is 6.09 Å². The van der Waals surface area contributed by atoms with E-state index in [0.717, 1.165) is 4.47 Å². The quantitative estimate of drug-likeness (QED) is 0.872. The molecule has 0 radical (unpaired) electrons. The van der Waals surface area contributed by atoms with Gasteiger partial charge in [-0.2, -0.15) is 0 Å². The Morgan fingerprint density at radius 3 is 2.94 bits per heavy atom. The molecule has 86 valence electrons. The molecule has 1 saturated heterocycles. The average molecular weight is 288 g/mol. The summed E-state index contributed by atoms with van der Waals surface area (Å²) < 4.78 is 10.6. The number of hydrogen-bond acceptors (Lipinski definition) is 4. The van der Waals surface area contributed by atoms with E-state index in [4.69, 9.17) is 9.47 Å². The molecule has 2 N–H and O–H groups in total. The van der Waals surface area contributed by atoms with Crippen LogP contribution in [0.1, 0.15) is 11.6 Å². The first kappa shape index (κ1) is 11.1. The lowest BCUT2D eigenvalue weighted by atomic mass is 10.1. The maximum absolute atomic E-state index is 10.9. The number of carbonyl (C=O) groups is 1. The van der Waals surface area contributed by atoms with Gasteiger partial charge in [-0.1, -0.05) is 15.9 Å². The highest BCUT2D eigenvalue weighted by Gasteiger charge is 2.27. The number of halogens is 1. The largest absolute Gasteiger partial charge is 0.504 e. The van der Waals surface area contributed by atoms with Crippen LogP contribution in [0.4, 0.5) is 4.79 Å². The monoisotopic (exact) mass is 287 g/mol. The second-order valence-electron chi connectivity index (χ2n) is 3.34. The van der Waals surface area contributed by atoms with Crippen LogP contribution in [0.2, 0.25) is 0 Å². The number of phenols is 1. The van der Waals surface area contributed by atoms with E-state index < -0.39 is 6.09 Å². The Morgan fingerprint density at radius 1 is 1.62 bits per heavy atom. The van der Waals surface area contributed by atoms with Crippen LogP contribution in [0.25, 0.3) is 0 Å². The van der Waals surface area contributed by atoms with Crippen molar-refractivity contribution in [2.45, 2.75) is 6.04 Å². The fraction of sp³-hybridized carbons (Fsp3) is 0.300. The van der Waals surface area contributed by atoms with Crippen molar-refractivity contribution in [3.8, 4) is 11.5 Å². The second kappa shape index (κ2) is 4.21. The van der Waals surface area contributed by atoms with Gasteiger partial charge in [-0.15, -0.1) is 0 Å². The van der Waals surface area contributed by atoms with E-state index in [1.165, 1.54) is 7.11 Å². The molecule has 0 unspecified atom stereocenters. The van der Waals surface area contributed by atoms with Gasteiger partial charge in [0.25, 0.3) is 0 Å². The van der Waals surface area contributed by atoms with E-state index >= 15 is 0 Å². The standard InChI is InChI=1S/C10H10BrNO4/c1-15-8-3-5(11)2-6(9(8)13)7-4-16-10(14)12-7/h2-3,7,13H,4H2,1H3,(H,12,14)/t7-/m1/s1. The fourth-order valence-electron chi connectivity index (χ4n) is 1.57. The number of methoxy groups -OCH3 is 1. The summed E-state index contributed by atoms with van der Waals surface area (Å²) in [7, 11) is 1.47. The Kier molecular flexibility index (Phi) is 2.91. The molecular formula is C10H10BrNO4. The second-order valence-corrected chi connectivity index (χ2v) is 4.26. The molecule has 1 aromatic carbocycles. The number of carbonyl (C=O) groups excluding carboxylic acids is 1. The molecule has 1 fully saturated rings. The molecule has 1 atom stereocenters. The Labute approximate surface area is 100 Å². The molecule has 16 heavy (non-hydrogen) atoms. The van der Waals surface area contributed by atoms with Crippen molar-refractivity contribution in [2.75, 3.05) is 13.7 Å². The first-order valence-corrected chi connectivity index (χ1v) is 5.41. The summed E-state index contributed by atoms with van der Waals surface area (Å²) >= 11 is 3.31.